The molecule has 3 aromatic rings. The summed E-state index contributed by atoms with van der Waals surface area (Å²) in [5.41, 5.74) is 0.513. The summed E-state index contributed by atoms with van der Waals surface area (Å²) in [5, 5.41) is 1.68. The molecule has 6 heteroatoms. The summed E-state index contributed by atoms with van der Waals surface area (Å²) in [6.07, 6.45) is 0. The van der Waals surface area contributed by atoms with Crippen LogP contribution in [0.25, 0.3) is 11.0 Å². The van der Waals surface area contributed by atoms with Crippen LogP contribution in [0.15, 0.2) is 57.7 Å². The SMILES string of the molecule is CN(Cc1ccc(Cl)cc1Cl)C(=O)c1cc2ccccc2oc1=O. The molecule has 0 bridgehead atoms. The normalized spacial score (nSPS) is 10.8. The van der Waals surface area contributed by atoms with E-state index in [0.717, 1.165) is 5.56 Å². The van der Waals surface area contributed by atoms with Crippen LogP contribution >= 0.6 is 23.2 Å². The Labute approximate surface area is 148 Å². The summed E-state index contributed by atoms with van der Waals surface area (Å²) >= 11 is 12.0. The van der Waals surface area contributed by atoms with E-state index in [2.05, 4.69) is 0 Å². The molecule has 0 saturated heterocycles. The van der Waals surface area contributed by atoms with Gasteiger partial charge >= 0.3 is 5.63 Å². The Morgan fingerprint density at radius 1 is 1.12 bits per heavy atom. The first-order valence-electron chi connectivity index (χ1n) is 7.18. The van der Waals surface area contributed by atoms with E-state index in [1.165, 1.54) is 4.90 Å². The summed E-state index contributed by atoms with van der Waals surface area (Å²) in [7, 11) is 1.60. The van der Waals surface area contributed by atoms with Crippen molar-refractivity contribution >= 4 is 40.1 Å². The molecule has 122 valence electrons. The number of fused-ring (bicyclic) bond motifs is 1. The molecule has 0 spiro atoms. The molecule has 0 N–H and O–H groups in total. The number of benzene rings is 2. The van der Waals surface area contributed by atoms with Crippen molar-refractivity contribution in [3.05, 3.63) is 80.1 Å². The van der Waals surface area contributed by atoms with E-state index in [1.54, 1.807) is 49.5 Å². The standard InChI is InChI=1S/C18H13Cl2NO3/c1-21(10-12-6-7-13(19)9-15(12)20)17(22)14-8-11-4-2-3-5-16(11)24-18(14)23/h2-9H,10H2,1H3. The van der Waals surface area contributed by atoms with Crippen LogP contribution in [0.2, 0.25) is 10.0 Å². The molecule has 1 amide bonds. The van der Waals surface area contributed by atoms with Gasteiger partial charge in [-0.05, 0) is 29.8 Å². The van der Waals surface area contributed by atoms with Gasteiger partial charge in [0.2, 0.25) is 0 Å². The minimum atomic E-state index is -0.659. The average Bonchev–Trinajstić information content (AvgIpc) is 2.56. The highest BCUT2D eigenvalue weighted by Crippen LogP contribution is 2.22. The van der Waals surface area contributed by atoms with Gasteiger partial charge in [-0.25, -0.2) is 4.79 Å². The highest BCUT2D eigenvalue weighted by Gasteiger charge is 2.18. The first-order valence-corrected chi connectivity index (χ1v) is 7.93. The van der Waals surface area contributed by atoms with Crippen LogP contribution in [-0.4, -0.2) is 17.9 Å². The molecule has 1 aromatic heterocycles. The summed E-state index contributed by atoms with van der Waals surface area (Å²) < 4.78 is 5.21. The lowest BCUT2D eigenvalue weighted by molar-refractivity contribution is 0.0781. The van der Waals surface area contributed by atoms with Crippen molar-refractivity contribution in [1.29, 1.82) is 0 Å². The van der Waals surface area contributed by atoms with E-state index >= 15 is 0 Å². The van der Waals surface area contributed by atoms with Crippen LogP contribution in [-0.2, 0) is 6.54 Å². The van der Waals surface area contributed by atoms with E-state index in [9.17, 15) is 9.59 Å². The number of hydrogen-bond donors (Lipinski definition) is 0. The zero-order chi connectivity index (χ0) is 17.3. The van der Waals surface area contributed by atoms with Crippen LogP contribution in [0.1, 0.15) is 15.9 Å². The number of hydrogen-bond acceptors (Lipinski definition) is 3. The van der Waals surface area contributed by atoms with Crippen molar-refractivity contribution in [2.75, 3.05) is 7.05 Å². The largest absolute Gasteiger partial charge is 0.422 e. The number of amides is 1. The Balaban J connectivity index is 1.90. The van der Waals surface area contributed by atoms with Crippen LogP contribution in [0.4, 0.5) is 0 Å². The van der Waals surface area contributed by atoms with Crippen molar-refractivity contribution in [1.82, 2.24) is 4.90 Å². The maximum absolute atomic E-state index is 12.6. The maximum Gasteiger partial charge on any atom is 0.349 e. The van der Waals surface area contributed by atoms with Gasteiger partial charge in [0, 0.05) is 29.0 Å². The van der Waals surface area contributed by atoms with Crippen molar-refractivity contribution in [2.24, 2.45) is 0 Å². The van der Waals surface area contributed by atoms with Gasteiger partial charge < -0.3 is 9.32 Å². The summed E-state index contributed by atoms with van der Waals surface area (Å²) in [6, 6.07) is 13.6. The molecule has 1 heterocycles. The van der Waals surface area contributed by atoms with Crippen molar-refractivity contribution in [3.8, 4) is 0 Å². The topological polar surface area (TPSA) is 50.5 Å². The lowest BCUT2D eigenvalue weighted by Crippen LogP contribution is -2.30. The molecule has 0 fully saturated rings. The molecule has 0 aliphatic rings. The second-order valence-corrected chi connectivity index (χ2v) is 6.23. The van der Waals surface area contributed by atoms with Gasteiger partial charge in [0.05, 0.1) is 0 Å². The second kappa shape index (κ2) is 6.67. The Morgan fingerprint density at radius 2 is 1.88 bits per heavy atom. The summed E-state index contributed by atoms with van der Waals surface area (Å²) in [5.74, 6) is -0.430. The minimum Gasteiger partial charge on any atom is -0.422 e. The fourth-order valence-electron chi connectivity index (χ4n) is 2.39. The molecule has 0 aliphatic carbocycles. The Kier molecular flexibility index (Phi) is 4.60. The van der Waals surface area contributed by atoms with Crippen molar-refractivity contribution in [2.45, 2.75) is 6.54 Å². The lowest BCUT2D eigenvalue weighted by Gasteiger charge is -2.17. The lowest BCUT2D eigenvalue weighted by atomic mass is 10.1. The van der Waals surface area contributed by atoms with Crippen molar-refractivity contribution in [3.63, 3.8) is 0 Å². The molecular weight excluding hydrogens is 349 g/mol. The van der Waals surface area contributed by atoms with E-state index in [4.69, 9.17) is 27.6 Å². The predicted octanol–water partition coefficient (Wildman–Crippen LogP) is 4.37. The van der Waals surface area contributed by atoms with Gasteiger partial charge in [0.1, 0.15) is 11.1 Å². The van der Waals surface area contributed by atoms with Gasteiger partial charge in [0.25, 0.3) is 5.91 Å². The van der Waals surface area contributed by atoms with Gasteiger partial charge in [-0.2, -0.15) is 0 Å². The number of rotatable bonds is 3. The fraction of sp³-hybridized carbons (Fsp3) is 0.111. The molecule has 24 heavy (non-hydrogen) atoms. The molecule has 3 rings (SSSR count). The number of carbonyl (C=O) groups excluding carboxylic acids is 1. The third kappa shape index (κ3) is 3.30. The van der Waals surface area contributed by atoms with Crippen molar-refractivity contribution < 1.29 is 9.21 Å². The molecule has 0 unspecified atom stereocenters. The monoisotopic (exact) mass is 361 g/mol. The van der Waals surface area contributed by atoms with Gasteiger partial charge in [0.15, 0.2) is 0 Å². The highest BCUT2D eigenvalue weighted by atomic mass is 35.5. The summed E-state index contributed by atoms with van der Waals surface area (Å²) in [4.78, 5) is 26.1. The third-order valence-corrected chi connectivity index (χ3v) is 4.23. The van der Waals surface area contributed by atoms with Crippen LogP contribution in [0.3, 0.4) is 0 Å². The van der Waals surface area contributed by atoms with Crippen LogP contribution in [0.5, 0.6) is 0 Å². The third-order valence-electron chi connectivity index (χ3n) is 3.64. The minimum absolute atomic E-state index is 0.0127. The smallest absolute Gasteiger partial charge is 0.349 e. The molecule has 0 aliphatic heterocycles. The molecule has 0 radical (unpaired) electrons. The Morgan fingerprint density at radius 3 is 2.62 bits per heavy atom. The fourth-order valence-corrected chi connectivity index (χ4v) is 2.86. The van der Waals surface area contributed by atoms with E-state index in [0.29, 0.717) is 21.0 Å². The van der Waals surface area contributed by atoms with E-state index in [-0.39, 0.29) is 12.1 Å². The number of para-hydroxylation sites is 1. The number of nitrogens with zero attached hydrogens (tertiary/aromatic N) is 1. The highest BCUT2D eigenvalue weighted by molar-refractivity contribution is 6.35. The first kappa shape index (κ1) is 16.6. The predicted molar refractivity (Wildman–Crippen MR) is 94.7 cm³/mol. The van der Waals surface area contributed by atoms with Gasteiger partial charge in [-0.1, -0.05) is 47.5 Å². The van der Waals surface area contributed by atoms with E-state index in [1.807, 2.05) is 6.07 Å². The van der Waals surface area contributed by atoms with Gasteiger partial charge in [-0.3, -0.25) is 4.79 Å². The molecule has 4 nitrogen and oxygen atoms in total. The first-order chi connectivity index (χ1) is 11.5. The van der Waals surface area contributed by atoms with Crippen LogP contribution in [0, 0.1) is 0 Å². The van der Waals surface area contributed by atoms with Crippen LogP contribution < -0.4 is 5.63 Å². The Hall–Kier alpha value is -2.30. The molecule has 2 aromatic carbocycles. The zero-order valence-electron chi connectivity index (χ0n) is 12.8. The summed E-state index contributed by atoms with van der Waals surface area (Å²) in [6.45, 7) is 0.251. The quantitative estimate of drug-likeness (QED) is 0.650. The number of halogens is 2. The second-order valence-electron chi connectivity index (χ2n) is 5.38. The Bertz CT molecular complexity index is 981. The number of carbonyl (C=O) groups is 1. The average molecular weight is 362 g/mol. The molecular formula is C18H13Cl2NO3. The molecule has 0 saturated carbocycles. The molecule has 0 atom stereocenters. The maximum atomic E-state index is 12.6. The zero-order valence-corrected chi connectivity index (χ0v) is 14.3. The van der Waals surface area contributed by atoms with Gasteiger partial charge in [-0.15, -0.1) is 0 Å². The van der Waals surface area contributed by atoms with E-state index < -0.39 is 11.5 Å².